The Kier molecular flexibility index (Phi) is 26.0. The molecule has 1 nitrogen and oxygen atoms in total. The second-order valence-electron chi connectivity index (χ2n) is 14.0. The maximum atomic E-state index is 6.44. The highest BCUT2D eigenvalue weighted by Gasteiger charge is 2.08. The quantitative estimate of drug-likeness (QED) is 0.0741. The van der Waals surface area contributed by atoms with Gasteiger partial charge >= 0.3 is 0 Å². The molecule has 1 heteroatoms. The molecule has 0 unspecified atom stereocenters. The summed E-state index contributed by atoms with van der Waals surface area (Å²) < 4.78 is 6.44. The Morgan fingerprint density at radius 1 is 0.378 bits per heavy atom. The Bertz CT molecular complexity index is 887. The highest BCUT2D eigenvalue weighted by atomic mass is 16.5. The first kappa shape index (κ1) is 39.4. The molecule has 0 amide bonds. The summed E-state index contributed by atoms with van der Waals surface area (Å²) in [6, 6.07) is 17.4. The van der Waals surface area contributed by atoms with Crippen LogP contribution in [0.5, 0.6) is 11.5 Å². The van der Waals surface area contributed by atoms with E-state index in [0.29, 0.717) is 0 Å². The Balaban J connectivity index is 1.58. The number of benzene rings is 2. The maximum Gasteiger partial charge on any atom is 0.130 e. The van der Waals surface area contributed by atoms with Crippen LogP contribution in [0.25, 0.3) is 0 Å². The van der Waals surface area contributed by atoms with E-state index in [1.54, 1.807) is 0 Å². The van der Waals surface area contributed by atoms with E-state index < -0.39 is 0 Å². The van der Waals surface area contributed by atoms with Crippen LogP contribution in [-0.4, -0.2) is 0 Å². The topological polar surface area (TPSA) is 9.23 Å². The molecule has 0 aromatic heterocycles. The number of unbranched alkanes of at least 4 members (excludes halogenated alkanes) is 26. The lowest BCUT2D eigenvalue weighted by Gasteiger charge is -2.14. The monoisotopic (exact) mass is 619 g/mol. The third-order valence-electron chi connectivity index (χ3n) is 9.72. The summed E-state index contributed by atoms with van der Waals surface area (Å²) in [6.07, 6.45) is 41.8. The van der Waals surface area contributed by atoms with Crippen LogP contribution >= 0.6 is 0 Å². The summed E-state index contributed by atoms with van der Waals surface area (Å²) in [6.45, 7) is 4.60. The van der Waals surface area contributed by atoms with Gasteiger partial charge in [0, 0.05) is 0 Å². The van der Waals surface area contributed by atoms with Crippen LogP contribution in [-0.2, 0) is 12.8 Å². The molecule has 0 fully saturated rings. The van der Waals surface area contributed by atoms with E-state index in [9.17, 15) is 0 Å². The first-order valence-electron chi connectivity index (χ1n) is 20.2. The van der Waals surface area contributed by atoms with E-state index in [-0.39, 0.29) is 0 Å². The summed E-state index contributed by atoms with van der Waals surface area (Å²) >= 11 is 0. The van der Waals surface area contributed by atoms with Crippen LogP contribution in [0.4, 0.5) is 0 Å². The van der Waals surface area contributed by atoms with E-state index in [0.717, 1.165) is 17.9 Å². The van der Waals surface area contributed by atoms with E-state index in [2.05, 4.69) is 62.4 Å². The third-order valence-corrected chi connectivity index (χ3v) is 9.72. The van der Waals surface area contributed by atoms with Crippen LogP contribution in [0.2, 0.25) is 0 Å². The van der Waals surface area contributed by atoms with E-state index >= 15 is 0 Å². The summed E-state index contributed by atoms with van der Waals surface area (Å²) in [5, 5.41) is 0. The van der Waals surface area contributed by atoms with Crippen LogP contribution in [0.15, 0.2) is 48.5 Å². The molecule has 2 rings (SSSR count). The zero-order valence-corrected chi connectivity index (χ0v) is 30.2. The average Bonchev–Trinajstić information content (AvgIpc) is 3.06. The zero-order valence-electron chi connectivity index (χ0n) is 30.2. The lowest BCUT2D eigenvalue weighted by molar-refractivity contribution is 0.472. The van der Waals surface area contributed by atoms with Crippen molar-refractivity contribution in [2.75, 3.05) is 0 Å². The lowest BCUT2D eigenvalue weighted by Crippen LogP contribution is -1.96. The van der Waals surface area contributed by atoms with E-state index in [1.165, 1.54) is 197 Å². The standard InChI is InChI=1S/C44H74O/c1-3-5-7-9-11-13-15-17-19-21-23-25-27-30-34-41-38-39-42(44(40-41)45-43-36-32-29-33-37-43)35-31-28-26-24-22-20-18-16-14-12-10-8-6-4-2/h29,32-33,36-40H,3-28,30-31,34-35H2,1-2H3. The molecule has 0 radical (unpaired) electrons. The normalized spacial score (nSPS) is 11.3. The minimum Gasteiger partial charge on any atom is -0.457 e. The molecule has 0 spiro atoms. The van der Waals surface area contributed by atoms with Crippen molar-refractivity contribution in [2.24, 2.45) is 0 Å². The molecule has 45 heavy (non-hydrogen) atoms. The van der Waals surface area contributed by atoms with Gasteiger partial charge in [-0.1, -0.05) is 211 Å². The fourth-order valence-corrected chi connectivity index (χ4v) is 6.71. The van der Waals surface area contributed by atoms with Gasteiger partial charge in [0.2, 0.25) is 0 Å². The molecule has 0 heterocycles. The Morgan fingerprint density at radius 3 is 1.18 bits per heavy atom. The van der Waals surface area contributed by atoms with Crippen LogP contribution in [0.1, 0.15) is 205 Å². The number of ether oxygens (including phenoxy) is 1. The van der Waals surface area contributed by atoms with Gasteiger partial charge in [0.1, 0.15) is 11.5 Å². The maximum absolute atomic E-state index is 6.44. The SMILES string of the molecule is CCCCCCCCCCCCCCCCc1ccc(CCCCCCCCCCCCCCCC)c(Oc2ccccc2)c1. The number of rotatable bonds is 32. The molecule has 0 saturated heterocycles. The van der Waals surface area contributed by atoms with Gasteiger partial charge < -0.3 is 4.74 Å². The van der Waals surface area contributed by atoms with Crippen molar-refractivity contribution in [1.82, 2.24) is 0 Å². The first-order valence-corrected chi connectivity index (χ1v) is 20.2. The summed E-state index contributed by atoms with van der Waals surface area (Å²) in [5.41, 5.74) is 2.81. The molecule has 0 atom stereocenters. The van der Waals surface area contributed by atoms with Crippen molar-refractivity contribution in [3.05, 3.63) is 59.7 Å². The number of hydrogen-bond donors (Lipinski definition) is 0. The Hall–Kier alpha value is -1.76. The molecule has 0 aliphatic carbocycles. The fraction of sp³-hybridized carbons (Fsp3) is 0.727. The number of hydrogen-bond acceptors (Lipinski definition) is 1. The first-order chi connectivity index (χ1) is 22.3. The van der Waals surface area contributed by atoms with Gasteiger partial charge in [-0.2, -0.15) is 0 Å². The van der Waals surface area contributed by atoms with E-state index in [4.69, 9.17) is 4.74 Å². The van der Waals surface area contributed by atoms with Crippen molar-refractivity contribution in [3.8, 4) is 11.5 Å². The van der Waals surface area contributed by atoms with Crippen molar-refractivity contribution in [2.45, 2.75) is 206 Å². The third kappa shape index (κ3) is 22.4. The number of aryl methyl sites for hydroxylation is 2. The minimum atomic E-state index is 0.952. The predicted octanol–water partition coefficient (Wildman–Crippen LogP) is 15.5. The molecule has 0 N–H and O–H groups in total. The van der Waals surface area contributed by atoms with Gasteiger partial charge in [-0.15, -0.1) is 0 Å². The lowest BCUT2D eigenvalue weighted by atomic mass is 9.99. The van der Waals surface area contributed by atoms with Gasteiger partial charge in [-0.05, 0) is 55.0 Å². The van der Waals surface area contributed by atoms with Gasteiger partial charge in [0.05, 0.1) is 0 Å². The molecule has 0 bridgehead atoms. The highest BCUT2D eigenvalue weighted by molar-refractivity contribution is 5.41. The van der Waals surface area contributed by atoms with Crippen molar-refractivity contribution in [1.29, 1.82) is 0 Å². The molecule has 0 aliphatic heterocycles. The summed E-state index contributed by atoms with van der Waals surface area (Å²) in [5.74, 6) is 2.03. The molecule has 256 valence electrons. The zero-order chi connectivity index (χ0) is 31.9. The summed E-state index contributed by atoms with van der Waals surface area (Å²) in [7, 11) is 0. The van der Waals surface area contributed by atoms with Gasteiger partial charge in [0.15, 0.2) is 0 Å². The fourth-order valence-electron chi connectivity index (χ4n) is 6.71. The van der Waals surface area contributed by atoms with Crippen LogP contribution < -0.4 is 4.74 Å². The van der Waals surface area contributed by atoms with Crippen LogP contribution in [0.3, 0.4) is 0 Å². The van der Waals surface area contributed by atoms with Crippen molar-refractivity contribution < 1.29 is 4.74 Å². The number of para-hydroxylation sites is 1. The Labute approximate surface area is 281 Å². The summed E-state index contributed by atoms with van der Waals surface area (Å²) in [4.78, 5) is 0. The van der Waals surface area contributed by atoms with Crippen molar-refractivity contribution in [3.63, 3.8) is 0 Å². The predicted molar refractivity (Wildman–Crippen MR) is 201 cm³/mol. The smallest absolute Gasteiger partial charge is 0.130 e. The molecule has 2 aromatic rings. The van der Waals surface area contributed by atoms with Crippen LogP contribution in [0, 0.1) is 0 Å². The molecular formula is C44H74O. The molecule has 0 saturated carbocycles. The average molecular weight is 619 g/mol. The second-order valence-corrected chi connectivity index (χ2v) is 14.0. The van der Waals surface area contributed by atoms with Gasteiger partial charge in [-0.3, -0.25) is 0 Å². The molecule has 0 aliphatic rings. The minimum absolute atomic E-state index is 0.952. The molecular weight excluding hydrogens is 544 g/mol. The second kappa shape index (κ2) is 29.6. The van der Waals surface area contributed by atoms with E-state index in [1.807, 2.05) is 0 Å². The van der Waals surface area contributed by atoms with Gasteiger partial charge in [-0.25, -0.2) is 0 Å². The largest absolute Gasteiger partial charge is 0.457 e. The Morgan fingerprint density at radius 2 is 0.756 bits per heavy atom. The highest BCUT2D eigenvalue weighted by Crippen LogP contribution is 2.29. The van der Waals surface area contributed by atoms with Crippen molar-refractivity contribution >= 4 is 0 Å². The van der Waals surface area contributed by atoms with Gasteiger partial charge in [0.25, 0.3) is 0 Å². The molecule has 2 aromatic carbocycles.